The fourth-order valence-electron chi connectivity index (χ4n) is 6.87. The zero-order chi connectivity index (χ0) is 26.2. The Labute approximate surface area is 230 Å². The van der Waals surface area contributed by atoms with Crippen LogP contribution in [0.2, 0.25) is 0 Å². The van der Waals surface area contributed by atoms with E-state index in [0.717, 1.165) is 68.2 Å². The van der Waals surface area contributed by atoms with Gasteiger partial charge in [0.2, 0.25) is 5.95 Å². The number of anilines is 2. The maximum atomic E-state index is 6.52. The SMILES string of the molecule is C1=CC2c3c(ccc4c3oc3ccccc34)N(c3nc(-c4cccc5ccccc45)c4c(n3)=CCCC=4)C2C=C1. The molecule has 9 rings (SSSR count). The molecule has 4 nitrogen and oxygen atoms in total. The van der Waals surface area contributed by atoms with Crippen LogP contribution in [0.1, 0.15) is 24.3 Å². The number of nitrogens with zero attached hydrogens (tertiary/aromatic N) is 3. The first-order valence-corrected chi connectivity index (χ1v) is 14.0. The molecule has 190 valence electrons. The van der Waals surface area contributed by atoms with Gasteiger partial charge in [0.15, 0.2) is 0 Å². The maximum absolute atomic E-state index is 6.52. The van der Waals surface area contributed by atoms with E-state index < -0.39 is 0 Å². The van der Waals surface area contributed by atoms with Gasteiger partial charge in [-0.15, -0.1) is 0 Å². The summed E-state index contributed by atoms with van der Waals surface area (Å²) in [5, 5.41) is 6.88. The highest BCUT2D eigenvalue weighted by Crippen LogP contribution is 2.51. The Hall–Kier alpha value is -4.96. The third-order valence-corrected chi connectivity index (χ3v) is 8.64. The first-order chi connectivity index (χ1) is 19.8. The molecule has 2 aliphatic carbocycles. The quantitative estimate of drug-likeness (QED) is 0.243. The van der Waals surface area contributed by atoms with Gasteiger partial charge in [0.05, 0.1) is 22.8 Å². The molecule has 40 heavy (non-hydrogen) atoms. The van der Waals surface area contributed by atoms with Gasteiger partial charge < -0.3 is 9.32 Å². The number of para-hydroxylation sites is 1. The second-order valence-corrected chi connectivity index (χ2v) is 10.8. The number of benzene rings is 4. The van der Waals surface area contributed by atoms with Crippen molar-refractivity contribution in [3.05, 3.63) is 119 Å². The average molecular weight is 516 g/mol. The Balaban J connectivity index is 1.33. The molecule has 3 aliphatic rings. The number of furan rings is 1. The van der Waals surface area contributed by atoms with Crippen molar-refractivity contribution < 1.29 is 4.42 Å². The molecular weight excluding hydrogens is 490 g/mol. The first-order valence-electron chi connectivity index (χ1n) is 14.0. The Morgan fingerprint density at radius 1 is 0.725 bits per heavy atom. The van der Waals surface area contributed by atoms with E-state index >= 15 is 0 Å². The van der Waals surface area contributed by atoms with Gasteiger partial charge in [0, 0.05) is 33.0 Å². The summed E-state index contributed by atoms with van der Waals surface area (Å²) >= 11 is 0. The van der Waals surface area contributed by atoms with E-state index in [1.807, 2.05) is 6.07 Å². The van der Waals surface area contributed by atoms with Crippen LogP contribution in [0.5, 0.6) is 0 Å². The van der Waals surface area contributed by atoms with Crippen molar-refractivity contribution >= 4 is 56.5 Å². The van der Waals surface area contributed by atoms with E-state index in [1.165, 1.54) is 16.3 Å². The third kappa shape index (κ3) is 3.02. The lowest BCUT2D eigenvalue weighted by Crippen LogP contribution is -2.38. The standard InChI is InChI=1S/C36H25N3O/c1-2-12-23-22(10-1)11-9-16-25(23)34-27-14-3-6-17-29(27)37-36(38-34)39-30-18-7-4-15-28(30)33-31(39)21-20-26-24-13-5-8-19-32(24)40-35(26)33/h1-2,4-5,7-21,28,30H,3,6H2. The minimum atomic E-state index is 0.0739. The van der Waals surface area contributed by atoms with Crippen LogP contribution in [0.15, 0.2) is 108 Å². The molecule has 2 aromatic heterocycles. The zero-order valence-corrected chi connectivity index (χ0v) is 21.8. The Morgan fingerprint density at radius 2 is 1.55 bits per heavy atom. The number of hydrogen-bond donors (Lipinski definition) is 0. The summed E-state index contributed by atoms with van der Waals surface area (Å²) < 4.78 is 6.52. The molecule has 0 saturated carbocycles. The lowest BCUT2D eigenvalue weighted by atomic mass is 9.90. The summed E-state index contributed by atoms with van der Waals surface area (Å²) in [6.45, 7) is 0. The highest BCUT2D eigenvalue weighted by atomic mass is 16.3. The van der Waals surface area contributed by atoms with Crippen molar-refractivity contribution in [3.8, 4) is 11.3 Å². The summed E-state index contributed by atoms with van der Waals surface area (Å²) in [5.41, 5.74) is 6.35. The van der Waals surface area contributed by atoms with Gasteiger partial charge in [-0.25, -0.2) is 9.97 Å². The van der Waals surface area contributed by atoms with E-state index in [1.54, 1.807) is 0 Å². The second kappa shape index (κ2) is 8.27. The molecule has 0 N–H and O–H groups in total. The topological polar surface area (TPSA) is 42.2 Å². The molecule has 0 radical (unpaired) electrons. The number of hydrogen-bond acceptors (Lipinski definition) is 4. The molecule has 3 heterocycles. The lowest BCUT2D eigenvalue weighted by molar-refractivity contribution is 0.655. The molecule has 4 aromatic carbocycles. The summed E-state index contributed by atoms with van der Waals surface area (Å²) in [7, 11) is 0. The highest BCUT2D eigenvalue weighted by Gasteiger charge is 2.41. The number of allylic oxidation sites excluding steroid dienone is 2. The number of rotatable bonds is 2. The van der Waals surface area contributed by atoms with E-state index in [0.29, 0.717) is 0 Å². The fourth-order valence-corrected chi connectivity index (χ4v) is 6.87. The molecule has 0 spiro atoms. The largest absolute Gasteiger partial charge is 0.456 e. The molecular formula is C36H25N3O. The van der Waals surface area contributed by atoms with Crippen LogP contribution in [0, 0.1) is 0 Å². The van der Waals surface area contributed by atoms with Gasteiger partial charge in [-0.1, -0.05) is 97.1 Å². The van der Waals surface area contributed by atoms with Crippen molar-refractivity contribution in [1.29, 1.82) is 0 Å². The van der Waals surface area contributed by atoms with E-state index in [2.05, 4.69) is 114 Å². The summed E-state index contributed by atoms with van der Waals surface area (Å²) in [5.74, 6) is 0.887. The molecule has 4 heteroatoms. The zero-order valence-electron chi connectivity index (χ0n) is 21.8. The monoisotopic (exact) mass is 515 g/mol. The molecule has 0 saturated heterocycles. The minimum Gasteiger partial charge on any atom is -0.456 e. The second-order valence-electron chi connectivity index (χ2n) is 10.8. The van der Waals surface area contributed by atoms with E-state index in [9.17, 15) is 0 Å². The van der Waals surface area contributed by atoms with Crippen molar-refractivity contribution in [3.63, 3.8) is 0 Å². The molecule has 2 unspecified atom stereocenters. The highest BCUT2D eigenvalue weighted by molar-refractivity contribution is 6.08. The van der Waals surface area contributed by atoms with Gasteiger partial charge in [0.25, 0.3) is 0 Å². The Bertz CT molecular complexity index is 2200. The summed E-state index contributed by atoms with van der Waals surface area (Å²) in [4.78, 5) is 12.9. The van der Waals surface area contributed by atoms with Crippen LogP contribution >= 0.6 is 0 Å². The van der Waals surface area contributed by atoms with E-state index in [4.69, 9.17) is 14.4 Å². The van der Waals surface area contributed by atoms with Gasteiger partial charge in [-0.2, -0.15) is 0 Å². The van der Waals surface area contributed by atoms with Crippen LogP contribution in [-0.2, 0) is 0 Å². The number of aromatic nitrogens is 2. The molecule has 1 aliphatic heterocycles. The Morgan fingerprint density at radius 3 is 2.52 bits per heavy atom. The summed E-state index contributed by atoms with van der Waals surface area (Å²) in [6.07, 6.45) is 15.4. The number of fused-ring (bicyclic) bond motifs is 9. The van der Waals surface area contributed by atoms with Gasteiger partial charge >= 0.3 is 0 Å². The first kappa shape index (κ1) is 21.9. The van der Waals surface area contributed by atoms with Crippen molar-refractivity contribution in [1.82, 2.24) is 9.97 Å². The van der Waals surface area contributed by atoms with Crippen molar-refractivity contribution in [2.45, 2.75) is 24.8 Å². The van der Waals surface area contributed by atoms with Gasteiger partial charge in [-0.05, 0) is 41.8 Å². The van der Waals surface area contributed by atoms with Crippen LogP contribution in [-0.4, -0.2) is 16.0 Å². The predicted molar refractivity (Wildman–Crippen MR) is 163 cm³/mol. The molecule has 6 aromatic rings. The van der Waals surface area contributed by atoms with Gasteiger partial charge in [0.1, 0.15) is 11.2 Å². The Kier molecular flexibility index (Phi) is 4.53. The third-order valence-electron chi connectivity index (χ3n) is 8.64. The van der Waals surface area contributed by atoms with Crippen LogP contribution < -0.4 is 15.5 Å². The lowest BCUT2D eigenvalue weighted by Gasteiger charge is -2.27. The van der Waals surface area contributed by atoms with E-state index in [-0.39, 0.29) is 12.0 Å². The fraction of sp³-hybridized carbons (Fsp3) is 0.111. The molecule has 0 amide bonds. The normalized spacial score (nSPS) is 18.9. The molecule has 2 atom stereocenters. The smallest absolute Gasteiger partial charge is 0.231 e. The average Bonchev–Trinajstić information content (AvgIpc) is 3.56. The molecule has 0 bridgehead atoms. The summed E-state index contributed by atoms with van der Waals surface area (Å²) in [6, 6.07) is 27.9. The maximum Gasteiger partial charge on any atom is 0.231 e. The van der Waals surface area contributed by atoms with Crippen LogP contribution in [0.25, 0.3) is 56.1 Å². The van der Waals surface area contributed by atoms with Crippen molar-refractivity contribution in [2.75, 3.05) is 4.90 Å². The predicted octanol–water partition coefficient (Wildman–Crippen LogP) is 7.28. The molecule has 0 fully saturated rings. The van der Waals surface area contributed by atoms with Gasteiger partial charge in [-0.3, -0.25) is 0 Å². The van der Waals surface area contributed by atoms with Crippen LogP contribution in [0.4, 0.5) is 11.6 Å². The van der Waals surface area contributed by atoms with Crippen molar-refractivity contribution in [2.24, 2.45) is 0 Å². The minimum absolute atomic E-state index is 0.0739. The van der Waals surface area contributed by atoms with Crippen LogP contribution in [0.3, 0.4) is 0 Å².